The molecule has 0 saturated carbocycles. The van der Waals surface area contributed by atoms with Crippen molar-refractivity contribution in [3.63, 3.8) is 0 Å². The molecule has 0 spiro atoms. The van der Waals surface area contributed by atoms with Crippen LogP contribution in [0.5, 0.6) is 0 Å². The van der Waals surface area contributed by atoms with Gasteiger partial charge in [-0.15, -0.1) is 11.6 Å². The van der Waals surface area contributed by atoms with Gasteiger partial charge >= 0.3 is 0 Å². The van der Waals surface area contributed by atoms with Crippen LogP contribution in [0.1, 0.15) is 5.56 Å². The third kappa shape index (κ3) is 2.70. The molecule has 0 fully saturated rings. The van der Waals surface area contributed by atoms with Gasteiger partial charge in [0.15, 0.2) is 0 Å². The van der Waals surface area contributed by atoms with Crippen molar-refractivity contribution < 1.29 is 9.18 Å². The zero-order valence-corrected chi connectivity index (χ0v) is 8.59. The van der Waals surface area contributed by atoms with Gasteiger partial charge in [0, 0.05) is 19.2 Å². The monoisotopic (exact) mass is 215 g/mol. The lowest BCUT2D eigenvalue weighted by molar-refractivity contribution is -0.127. The summed E-state index contributed by atoms with van der Waals surface area (Å²) in [5, 5.41) is 0. The Kier molecular flexibility index (Phi) is 3.89. The maximum absolute atomic E-state index is 13.1. The van der Waals surface area contributed by atoms with Crippen molar-refractivity contribution >= 4 is 17.5 Å². The van der Waals surface area contributed by atoms with Crippen LogP contribution in [0.4, 0.5) is 4.39 Å². The molecule has 76 valence electrons. The van der Waals surface area contributed by atoms with E-state index in [9.17, 15) is 9.18 Å². The van der Waals surface area contributed by atoms with Crippen LogP contribution in [0.25, 0.3) is 0 Å². The average Bonchev–Trinajstić information content (AvgIpc) is 2.20. The largest absolute Gasteiger partial charge is 0.340 e. The molecule has 0 aliphatic heterocycles. The van der Waals surface area contributed by atoms with Gasteiger partial charge in [0.2, 0.25) is 5.91 Å². The van der Waals surface area contributed by atoms with Crippen LogP contribution in [0.15, 0.2) is 24.3 Å². The summed E-state index contributed by atoms with van der Waals surface area (Å²) in [6.45, 7) is 0.248. The number of alkyl halides is 1. The SMILES string of the molecule is CN(Cc1ccccc1F)C(=O)CCl. The lowest BCUT2D eigenvalue weighted by Crippen LogP contribution is -2.27. The van der Waals surface area contributed by atoms with Gasteiger partial charge in [0.1, 0.15) is 11.7 Å². The number of halogens is 2. The first kappa shape index (κ1) is 11.0. The smallest absolute Gasteiger partial charge is 0.237 e. The minimum atomic E-state index is -0.304. The summed E-state index contributed by atoms with van der Waals surface area (Å²) in [6, 6.07) is 6.36. The Hall–Kier alpha value is -1.09. The Bertz CT molecular complexity index is 330. The zero-order chi connectivity index (χ0) is 10.6. The van der Waals surface area contributed by atoms with Gasteiger partial charge in [0.25, 0.3) is 0 Å². The molecule has 0 unspecified atom stereocenters. The molecule has 0 atom stereocenters. The molecule has 1 aromatic rings. The first-order chi connectivity index (χ1) is 6.65. The molecule has 0 saturated heterocycles. The number of hydrogen-bond acceptors (Lipinski definition) is 1. The molecule has 0 bridgehead atoms. The van der Waals surface area contributed by atoms with Gasteiger partial charge in [-0.3, -0.25) is 4.79 Å². The normalized spacial score (nSPS) is 9.93. The minimum Gasteiger partial charge on any atom is -0.340 e. The van der Waals surface area contributed by atoms with E-state index in [1.807, 2.05) is 0 Å². The quantitative estimate of drug-likeness (QED) is 0.707. The molecule has 1 rings (SSSR count). The molecule has 4 heteroatoms. The van der Waals surface area contributed by atoms with E-state index in [1.54, 1.807) is 25.2 Å². The Balaban J connectivity index is 2.69. The predicted molar refractivity (Wildman–Crippen MR) is 53.6 cm³/mol. The van der Waals surface area contributed by atoms with E-state index in [0.29, 0.717) is 5.56 Å². The van der Waals surface area contributed by atoms with Gasteiger partial charge in [-0.25, -0.2) is 4.39 Å². The number of hydrogen-bond donors (Lipinski definition) is 0. The standard InChI is InChI=1S/C10H11ClFNO/c1-13(10(14)6-11)7-8-4-2-3-5-9(8)12/h2-5H,6-7H2,1H3. The number of amides is 1. The molecule has 0 radical (unpaired) electrons. The average molecular weight is 216 g/mol. The molecule has 0 heterocycles. The van der Waals surface area contributed by atoms with Gasteiger partial charge in [-0.2, -0.15) is 0 Å². The highest BCUT2D eigenvalue weighted by Crippen LogP contribution is 2.08. The van der Waals surface area contributed by atoms with Gasteiger partial charge in [-0.05, 0) is 6.07 Å². The van der Waals surface area contributed by atoms with Crippen molar-refractivity contribution in [2.45, 2.75) is 6.54 Å². The second kappa shape index (κ2) is 4.96. The molecule has 2 nitrogen and oxygen atoms in total. The summed E-state index contributed by atoms with van der Waals surface area (Å²) in [5.74, 6) is -0.595. The molecule has 0 aromatic heterocycles. The topological polar surface area (TPSA) is 20.3 Å². The van der Waals surface area contributed by atoms with Crippen molar-refractivity contribution in [3.05, 3.63) is 35.6 Å². The van der Waals surface area contributed by atoms with Crippen LogP contribution in [-0.4, -0.2) is 23.7 Å². The fourth-order valence-electron chi connectivity index (χ4n) is 1.07. The van der Waals surface area contributed by atoms with E-state index in [4.69, 9.17) is 11.6 Å². The van der Waals surface area contributed by atoms with Crippen LogP contribution >= 0.6 is 11.6 Å². The zero-order valence-electron chi connectivity index (χ0n) is 7.84. The van der Waals surface area contributed by atoms with Gasteiger partial charge in [-0.1, -0.05) is 18.2 Å². The number of rotatable bonds is 3. The van der Waals surface area contributed by atoms with Gasteiger partial charge < -0.3 is 4.90 Å². The van der Waals surface area contributed by atoms with E-state index in [-0.39, 0.29) is 24.1 Å². The van der Waals surface area contributed by atoms with Gasteiger partial charge in [0.05, 0.1) is 0 Å². The summed E-state index contributed by atoms with van der Waals surface area (Å²) in [6.07, 6.45) is 0. The second-order valence-corrected chi connectivity index (χ2v) is 3.24. The van der Waals surface area contributed by atoms with E-state index >= 15 is 0 Å². The first-order valence-electron chi connectivity index (χ1n) is 4.18. The Morgan fingerprint density at radius 1 is 1.50 bits per heavy atom. The highest BCUT2D eigenvalue weighted by Gasteiger charge is 2.09. The van der Waals surface area contributed by atoms with Crippen molar-refractivity contribution in [2.24, 2.45) is 0 Å². The molecule has 1 amide bonds. The molecule has 0 aliphatic carbocycles. The summed E-state index contributed by atoms with van der Waals surface area (Å²) in [5.41, 5.74) is 0.494. The maximum Gasteiger partial charge on any atom is 0.237 e. The summed E-state index contributed by atoms with van der Waals surface area (Å²) >= 11 is 5.37. The number of nitrogens with zero attached hydrogens (tertiary/aromatic N) is 1. The van der Waals surface area contributed by atoms with Crippen molar-refractivity contribution in [2.75, 3.05) is 12.9 Å². The number of benzene rings is 1. The van der Waals surface area contributed by atoms with Crippen molar-refractivity contribution in [1.29, 1.82) is 0 Å². The third-order valence-electron chi connectivity index (χ3n) is 1.91. The van der Waals surface area contributed by atoms with Crippen LogP contribution in [0, 0.1) is 5.82 Å². The summed E-state index contributed by atoms with van der Waals surface area (Å²) in [4.78, 5) is 12.5. The lowest BCUT2D eigenvalue weighted by atomic mass is 10.2. The fraction of sp³-hybridized carbons (Fsp3) is 0.300. The molecule has 14 heavy (non-hydrogen) atoms. The third-order valence-corrected chi connectivity index (χ3v) is 2.13. The molecule has 1 aromatic carbocycles. The molecular formula is C10H11ClFNO. The van der Waals surface area contributed by atoms with E-state index < -0.39 is 0 Å². The van der Waals surface area contributed by atoms with Crippen LogP contribution in [0.3, 0.4) is 0 Å². The second-order valence-electron chi connectivity index (χ2n) is 2.97. The van der Waals surface area contributed by atoms with Crippen LogP contribution in [-0.2, 0) is 11.3 Å². The van der Waals surface area contributed by atoms with Crippen molar-refractivity contribution in [1.82, 2.24) is 4.90 Å². The van der Waals surface area contributed by atoms with Crippen molar-refractivity contribution in [3.8, 4) is 0 Å². The first-order valence-corrected chi connectivity index (χ1v) is 4.72. The molecule has 0 N–H and O–H groups in total. The predicted octanol–water partition coefficient (Wildman–Crippen LogP) is 2.02. The number of carbonyl (C=O) groups excluding carboxylic acids is 1. The van der Waals surface area contributed by atoms with Crippen LogP contribution < -0.4 is 0 Å². The molecule has 0 aliphatic rings. The highest BCUT2D eigenvalue weighted by atomic mass is 35.5. The fourth-order valence-corrected chi connectivity index (χ4v) is 1.28. The van der Waals surface area contributed by atoms with Crippen LogP contribution in [0.2, 0.25) is 0 Å². The summed E-state index contributed by atoms with van der Waals surface area (Å²) in [7, 11) is 1.59. The van der Waals surface area contributed by atoms with E-state index in [0.717, 1.165) is 0 Å². The Morgan fingerprint density at radius 2 is 2.14 bits per heavy atom. The Labute approximate surface area is 87.3 Å². The Morgan fingerprint density at radius 3 is 2.71 bits per heavy atom. The maximum atomic E-state index is 13.1. The summed E-state index contributed by atoms with van der Waals surface area (Å²) < 4.78 is 13.1. The highest BCUT2D eigenvalue weighted by molar-refractivity contribution is 6.27. The van der Waals surface area contributed by atoms with E-state index in [2.05, 4.69) is 0 Å². The molecular weight excluding hydrogens is 205 g/mol. The van der Waals surface area contributed by atoms with E-state index in [1.165, 1.54) is 11.0 Å². The lowest BCUT2D eigenvalue weighted by Gasteiger charge is -2.15. The number of carbonyl (C=O) groups is 1. The minimum absolute atomic E-state index is 0.0784.